The topological polar surface area (TPSA) is 46.9 Å². The Balaban J connectivity index is 2.57. The van der Waals surface area contributed by atoms with Gasteiger partial charge in [-0.05, 0) is 13.8 Å². The number of hydrogen-bond donors (Lipinski definition) is 1. The van der Waals surface area contributed by atoms with E-state index in [2.05, 4.69) is 10.4 Å². The van der Waals surface area contributed by atoms with Gasteiger partial charge in [-0.25, -0.2) is 0 Å². The highest BCUT2D eigenvalue weighted by molar-refractivity contribution is 7.84. The fraction of sp³-hybridized carbons (Fsp3) is 0.700. The zero-order chi connectivity index (χ0) is 12.3. The number of aryl methyl sites for hydroxylation is 2. The molecule has 0 aliphatic rings. The number of halogens is 1. The van der Waals surface area contributed by atoms with E-state index in [-0.39, 0.29) is 6.04 Å². The highest BCUT2D eigenvalue weighted by Crippen LogP contribution is 2.18. The second-order valence-electron chi connectivity index (χ2n) is 3.99. The van der Waals surface area contributed by atoms with E-state index in [9.17, 15) is 4.21 Å². The number of nitrogens with zero attached hydrogens (tertiary/aromatic N) is 2. The Morgan fingerprint density at radius 1 is 1.62 bits per heavy atom. The van der Waals surface area contributed by atoms with Crippen molar-refractivity contribution in [2.75, 3.05) is 12.0 Å². The first kappa shape index (κ1) is 13.7. The lowest BCUT2D eigenvalue weighted by Gasteiger charge is -2.12. The van der Waals surface area contributed by atoms with Crippen LogP contribution in [0.25, 0.3) is 0 Å². The van der Waals surface area contributed by atoms with Gasteiger partial charge in [-0.15, -0.1) is 0 Å². The minimum atomic E-state index is -0.777. The third-order valence-electron chi connectivity index (χ3n) is 2.36. The monoisotopic (exact) mass is 263 g/mol. The van der Waals surface area contributed by atoms with E-state index >= 15 is 0 Å². The Bertz CT molecular complexity index is 392. The minimum Gasteiger partial charge on any atom is -0.308 e. The van der Waals surface area contributed by atoms with E-state index in [4.69, 9.17) is 11.6 Å². The second-order valence-corrected chi connectivity index (χ2v) is 5.85. The van der Waals surface area contributed by atoms with Gasteiger partial charge < -0.3 is 5.32 Å². The van der Waals surface area contributed by atoms with Gasteiger partial charge >= 0.3 is 0 Å². The molecule has 0 aromatic carbocycles. The van der Waals surface area contributed by atoms with Crippen LogP contribution in [-0.4, -0.2) is 32.0 Å². The fourth-order valence-electron chi connectivity index (χ4n) is 1.55. The van der Waals surface area contributed by atoms with Crippen LogP contribution < -0.4 is 5.32 Å². The molecule has 2 unspecified atom stereocenters. The predicted octanol–water partition coefficient (Wildman–Crippen LogP) is 1.24. The molecule has 1 aromatic rings. The number of hydrogen-bond acceptors (Lipinski definition) is 3. The number of aromatic nitrogens is 2. The molecular formula is C10H18ClN3OS. The third kappa shape index (κ3) is 3.57. The number of nitrogens with one attached hydrogen (secondary N) is 1. The summed E-state index contributed by atoms with van der Waals surface area (Å²) in [7, 11) is 1.10. The zero-order valence-corrected chi connectivity index (χ0v) is 11.7. The second kappa shape index (κ2) is 5.80. The summed E-state index contributed by atoms with van der Waals surface area (Å²) in [6.07, 6.45) is 1.71. The molecule has 1 aromatic heterocycles. The van der Waals surface area contributed by atoms with E-state index in [1.165, 1.54) is 0 Å². The molecule has 0 aliphatic heterocycles. The van der Waals surface area contributed by atoms with Gasteiger partial charge in [0, 0.05) is 42.4 Å². The summed E-state index contributed by atoms with van der Waals surface area (Å²) in [4.78, 5) is 0. The van der Waals surface area contributed by atoms with Crippen LogP contribution in [0.3, 0.4) is 0 Å². The average Bonchev–Trinajstić information content (AvgIpc) is 2.38. The average molecular weight is 264 g/mol. The molecular weight excluding hydrogens is 246 g/mol. The molecule has 1 rings (SSSR count). The van der Waals surface area contributed by atoms with Crippen molar-refractivity contribution in [1.29, 1.82) is 0 Å². The van der Waals surface area contributed by atoms with E-state index < -0.39 is 10.8 Å². The SMILES string of the molecule is Cc1nn(C)c(CNC(C)CS(C)=O)c1Cl. The van der Waals surface area contributed by atoms with Crippen LogP contribution in [0.5, 0.6) is 0 Å². The quantitative estimate of drug-likeness (QED) is 0.870. The number of rotatable bonds is 5. The Morgan fingerprint density at radius 2 is 2.25 bits per heavy atom. The molecule has 0 amide bonds. The highest BCUT2D eigenvalue weighted by Gasteiger charge is 2.12. The Labute approximate surface area is 104 Å². The smallest absolute Gasteiger partial charge is 0.0860 e. The molecule has 0 saturated heterocycles. The van der Waals surface area contributed by atoms with Gasteiger partial charge in [0.05, 0.1) is 16.4 Å². The summed E-state index contributed by atoms with van der Waals surface area (Å²) in [6, 6.07) is 0.206. The molecule has 16 heavy (non-hydrogen) atoms. The largest absolute Gasteiger partial charge is 0.308 e. The van der Waals surface area contributed by atoms with Crippen LogP contribution >= 0.6 is 11.6 Å². The van der Waals surface area contributed by atoms with Gasteiger partial charge in [0.2, 0.25) is 0 Å². The lowest BCUT2D eigenvalue weighted by atomic mass is 10.3. The Hall–Kier alpha value is -0.390. The van der Waals surface area contributed by atoms with Crippen molar-refractivity contribution < 1.29 is 4.21 Å². The maximum atomic E-state index is 11.0. The molecule has 92 valence electrons. The van der Waals surface area contributed by atoms with Gasteiger partial charge in [0.15, 0.2) is 0 Å². The molecule has 0 radical (unpaired) electrons. The molecule has 6 heteroatoms. The first-order valence-electron chi connectivity index (χ1n) is 5.13. The maximum Gasteiger partial charge on any atom is 0.0860 e. The summed E-state index contributed by atoms with van der Waals surface area (Å²) < 4.78 is 12.8. The van der Waals surface area contributed by atoms with Gasteiger partial charge in [-0.1, -0.05) is 11.6 Å². The molecule has 2 atom stereocenters. The normalized spacial score (nSPS) is 15.1. The Morgan fingerprint density at radius 3 is 2.69 bits per heavy atom. The van der Waals surface area contributed by atoms with E-state index in [0.29, 0.717) is 17.3 Å². The van der Waals surface area contributed by atoms with Crippen LogP contribution in [0.1, 0.15) is 18.3 Å². The lowest BCUT2D eigenvalue weighted by Crippen LogP contribution is -2.31. The molecule has 0 fully saturated rings. The van der Waals surface area contributed by atoms with Crippen LogP contribution in [0.2, 0.25) is 5.02 Å². The molecule has 1 heterocycles. The standard InChI is InChI=1S/C10H18ClN3OS/c1-7(6-16(4)15)12-5-9-10(11)8(2)13-14(9)3/h7,12H,5-6H2,1-4H3. The van der Waals surface area contributed by atoms with Crippen LogP contribution in [-0.2, 0) is 24.4 Å². The summed E-state index contributed by atoms with van der Waals surface area (Å²) in [6.45, 7) is 4.55. The van der Waals surface area contributed by atoms with Gasteiger partial charge in [-0.3, -0.25) is 8.89 Å². The van der Waals surface area contributed by atoms with Crippen molar-refractivity contribution >= 4 is 22.4 Å². The molecule has 0 saturated carbocycles. The van der Waals surface area contributed by atoms with Crippen molar-refractivity contribution in [3.63, 3.8) is 0 Å². The molecule has 0 spiro atoms. The summed E-state index contributed by atoms with van der Waals surface area (Å²) in [5.41, 5.74) is 1.81. The van der Waals surface area contributed by atoms with Crippen molar-refractivity contribution in [1.82, 2.24) is 15.1 Å². The zero-order valence-electron chi connectivity index (χ0n) is 10.1. The third-order valence-corrected chi connectivity index (χ3v) is 3.83. The summed E-state index contributed by atoms with van der Waals surface area (Å²) in [5.74, 6) is 0.647. The molecule has 0 aliphatic carbocycles. The van der Waals surface area contributed by atoms with E-state index in [1.807, 2.05) is 20.9 Å². The van der Waals surface area contributed by atoms with Crippen molar-refractivity contribution in [2.24, 2.45) is 7.05 Å². The van der Waals surface area contributed by atoms with Gasteiger partial charge in [0.25, 0.3) is 0 Å². The van der Waals surface area contributed by atoms with Crippen LogP contribution in [0.15, 0.2) is 0 Å². The summed E-state index contributed by atoms with van der Waals surface area (Å²) >= 11 is 6.12. The maximum absolute atomic E-state index is 11.0. The van der Waals surface area contributed by atoms with E-state index in [1.54, 1.807) is 10.9 Å². The molecule has 1 N–H and O–H groups in total. The first-order chi connectivity index (χ1) is 7.41. The molecule has 0 bridgehead atoms. The Kier molecular flexibility index (Phi) is 4.95. The lowest BCUT2D eigenvalue weighted by molar-refractivity contribution is 0.560. The van der Waals surface area contributed by atoms with E-state index in [0.717, 1.165) is 11.4 Å². The van der Waals surface area contributed by atoms with Crippen molar-refractivity contribution in [2.45, 2.75) is 26.4 Å². The summed E-state index contributed by atoms with van der Waals surface area (Å²) in [5, 5.41) is 8.23. The van der Waals surface area contributed by atoms with Crippen LogP contribution in [0, 0.1) is 6.92 Å². The fourth-order valence-corrected chi connectivity index (χ4v) is 2.60. The molecule has 4 nitrogen and oxygen atoms in total. The van der Waals surface area contributed by atoms with Crippen molar-refractivity contribution in [3.05, 3.63) is 16.4 Å². The van der Waals surface area contributed by atoms with Crippen molar-refractivity contribution in [3.8, 4) is 0 Å². The predicted molar refractivity (Wildman–Crippen MR) is 68.2 cm³/mol. The highest BCUT2D eigenvalue weighted by atomic mass is 35.5. The first-order valence-corrected chi connectivity index (χ1v) is 7.23. The van der Waals surface area contributed by atoms with Gasteiger partial charge in [-0.2, -0.15) is 5.10 Å². The van der Waals surface area contributed by atoms with Gasteiger partial charge in [0.1, 0.15) is 0 Å². The minimum absolute atomic E-state index is 0.206. The van der Waals surface area contributed by atoms with Crippen LogP contribution in [0.4, 0.5) is 0 Å².